The second kappa shape index (κ2) is 8.77. The van der Waals surface area contributed by atoms with E-state index in [1.54, 1.807) is 24.9 Å². The van der Waals surface area contributed by atoms with Gasteiger partial charge in [0.15, 0.2) is 0 Å². The third kappa shape index (κ3) is 4.03. The minimum Gasteiger partial charge on any atom is -0.363 e. The van der Waals surface area contributed by atoms with E-state index in [0.717, 1.165) is 5.56 Å². The molecule has 9 heteroatoms. The first-order valence-corrected chi connectivity index (χ1v) is 11.3. The third-order valence-electron chi connectivity index (χ3n) is 7.05. The standard InChI is InChI=1S/C25H29F2N5O2/c1-14-17(7-6-8-18(14)21(26)27)15(2)30-22-19-11-20(24(34)31(5)23(19)29-13-28-22)25(4)9-10-32(12-25)16(3)33/h6-8,11,13,15,21H,9-10,12H2,1-5H3,(H,28,29,30)/t15-,25+/m1/s1. The highest BCUT2D eigenvalue weighted by Crippen LogP contribution is 2.35. The van der Waals surface area contributed by atoms with Crippen LogP contribution in [0.4, 0.5) is 14.6 Å². The molecule has 1 aliphatic rings. The van der Waals surface area contributed by atoms with Crippen LogP contribution in [0.2, 0.25) is 0 Å². The first-order valence-electron chi connectivity index (χ1n) is 11.3. The Morgan fingerprint density at radius 3 is 2.59 bits per heavy atom. The van der Waals surface area contributed by atoms with Gasteiger partial charge in [-0.05, 0) is 37.5 Å². The van der Waals surface area contributed by atoms with Crippen LogP contribution in [0.1, 0.15) is 61.9 Å². The van der Waals surface area contributed by atoms with Crippen molar-refractivity contribution >= 4 is 22.8 Å². The van der Waals surface area contributed by atoms with Crippen LogP contribution in [-0.2, 0) is 17.3 Å². The normalized spacial score (nSPS) is 19.1. The predicted molar refractivity (Wildman–Crippen MR) is 127 cm³/mol. The van der Waals surface area contributed by atoms with Crippen LogP contribution >= 0.6 is 0 Å². The maximum atomic E-state index is 13.4. The molecule has 4 rings (SSSR count). The number of nitrogens with zero attached hydrogens (tertiary/aromatic N) is 4. The molecule has 180 valence electrons. The molecule has 0 saturated carbocycles. The molecule has 0 spiro atoms. The monoisotopic (exact) mass is 469 g/mol. The van der Waals surface area contributed by atoms with E-state index in [4.69, 9.17) is 0 Å². The van der Waals surface area contributed by atoms with E-state index in [1.807, 2.05) is 26.0 Å². The number of hydrogen-bond donors (Lipinski definition) is 1. The average molecular weight is 470 g/mol. The van der Waals surface area contributed by atoms with E-state index in [2.05, 4.69) is 15.3 Å². The van der Waals surface area contributed by atoms with Crippen molar-refractivity contribution in [3.63, 3.8) is 0 Å². The summed E-state index contributed by atoms with van der Waals surface area (Å²) in [6.45, 7) is 8.17. The van der Waals surface area contributed by atoms with Crippen LogP contribution in [0.3, 0.4) is 0 Å². The van der Waals surface area contributed by atoms with Crippen LogP contribution in [0.15, 0.2) is 35.4 Å². The number of nitrogens with one attached hydrogen (secondary N) is 1. The van der Waals surface area contributed by atoms with Crippen molar-refractivity contribution in [3.8, 4) is 0 Å². The summed E-state index contributed by atoms with van der Waals surface area (Å²) in [4.78, 5) is 35.6. The van der Waals surface area contributed by atoms with Crippen molar-refractivity contribution < 1.29 is 13.6 Å². The van der Waals surface area contributed by atoms with Gasteiger partial charge in [0.1, 0.15) is 17.8 Å². The van der Waals surface area contributed by atoms with Crippen molar-refractivity contribution in [2.24, 2.45) is 7.05 Å². The average Bonchev–Trinajstić information content (AvgIpc) is 3.19. The number of amides is 1. The molecule has 1 N–H and O–H groups in total. The quantitative estimate of drug-likeness (QED) is 0.604. The second-order valence-electron chi connectivity index (χ2n) is 9.36. The Bertz CT molecular complexity index is 1320. The van der Waals surface area contributed by atoms with Crippen LogP contribution < -0.4 is 10.9 Å². The van der Waals surface area contributed by atoms with Gasteiger partial charge in [-0.15, -0.1) is 0 Å². The summed E-state index contributed by atoms with van der Waals surface area (Å²) in [6.07, 6.45) is -0.487. The van der Waals surface area contributed by atoms with Crippen molar-refractivity contribution in [1.29, 1.82) is 0 Å². The Morgan fingerprint density at radius 2 is 1.94 bits per heavy atom. The number of halogens is 2. The molecule has 0 unspecified atom stereocenters. The Morgan fingerprint density at radius 1 is 1.24 bits per heavy atom. The first kappa shape index (κ1) is 23.8. The number of aryl methyl sites for hydroxylation is 1. The maximum absolute atomic E-state index is 13.4. The molecule has 0 bridgehead atoms. The van der Waals surface area contributed by atoms with E-state index in [1.165, 1.54) is 23.9 Å². The Hall–Kier alpha value is -3.36. The smallest absolute Gasteiger partial charge is 0.264 e. The van der Waals surface area contributed by atoms with Gasteiger partial charge in [-0.25, -0.2) is 18.7 Å². The molecule has 1 amide bonds. The number of benzene rings is 1. The first-order chi connectivity index (χ1) is 16.0. The summed E-state index contributed by atoms with van der Waals surface area (Å²) in [6, 6.07) is 6.39. The number of carbonyl (C=O) groups is 1. The topological polar surface area (TPSA) is 80.1 Å². The van der Waals surface area contributed by atoms with Gasteiger partial charge in [0.05, 0.1) is 11.4 Å². The summed E-state index contributed by atoms with van der Waals surface area (Å²) in [5.74, 6) is 0.503. The molecule has 3 heterocycles. The summed E-state index contributed by atoms with van der Waals surface area (Å²) < 4.78 is 28.3. The third-order valence-corrected chi connectivity index (χ3v) is 7.05. The molecule has 1 saturated heterocycles. The highest BCUT2D eigenvalue weighted by molar-refractivity contribution is 5.87. The zero-order valence-corrected chi connectivity index (χ0v) is 20.0. The molecule has 2 atom stereocenters. The lowest BCUT2D eigenvalue weighted by molar-refractivity contribution is -0.127. The Kier molecular flexibility index (Phi) is 6.14. The van der Waals surface area contributed by atoms with Crippen LogP contribution in [0.5, 0.6) is 0 Å². The highest BCUT2D eigenvalue weighted by atomic mass is 19.3. The van der Waals surface area contributed by atoms with E-state index in [-0.39, 0.29) is 23.1 Å². The molecule has 1 aromatic carbocycles. The lowest BCUT2D eigenvalue weighted by Gasteiger charge is -2.26. The van der Waals surface area contributed by atoms with Gasteiger partial charge in [0.2, 0.25) is 5.91 Å². The number of carbonyl (C=O) groups excluding carboxylic acids is 1. The van der Waals surface area contributed by atoms with Crippen molar-refractivity contribution in [2.75, 3.05) is 18.4 Å². The second-order valence-corrected chi connectivity index (χ2v) is 9.36. The lowest BCUT2D eigenvalue weighted by atomic mass is 9.82. The number of pyridine rings is 1. The number of anilines is 1. The predicted octanol–water partition coefficient (Wildman–Crippen LogP) is 4.26. The molecule has 0 radical (unpaired) electrons. The fraction of sp³-hybridized carbons (Fsp3) is 0.440. The van der Waals surface area contributed by atoms with Crippen LogP contribution in [0.25, 0.3) is 11.0 Å². The van der Waals surface area contributed by atoms with Gasteiger partial charge in [-0.3, -0.25) is 14.2 Å². The molecular weight excluding hydrogens is 440 g/mol. The number of aromatic nitrogens is 3. The maximum Gasteiger partial charge on any atom is 0.264 e. The van der Waals surface area contributed by atoms with Gasteiger partial charge in [-0.1, -0.05) is 25.1 Å². The Balaban J connectivity index is 1.78. The van der Waals surface area contributed by atoms with Gasteiger partial charge in [0.25, 0.3) is 12.0 Å². The summed E-state index contributed by atoms with van der Waals surface area (Å²) >= 11 is 0. The van der Waals surface area contributed by atoms with Crippen LogP contribution in [0, 0.1) is 6.92 Å². The van der Waals surface area contributed by atoms with Crippen molar-refractivity contribution in [1.82, 2.24) is 19.4 Å². The minimum atomic E-state index is -2.55. The van der Waals surface area contributed by atoms with E-state index in [9.17, 15) is 18.4 Å². The zero-order valence-electron chi connectivity index (χ0n) is 20.0. The summed E-state index contributed by atoms with van der Waals surface area (Å²) in [5.41, 5.74) is 1.72. The van der Waals surface area contributed by atoms with Crippen molar-refractivity contribution in [3.05, 3.63) is 63.2 Å². The number of hydrogen-bond acceptors (Lipinski definition) is 5. The molecule has 1 aliphatic heterocycles. The molecular formula is C25H29F2N5O2. The molecule has 2 aromatic heterocycles. The van der Waals surface area contributed by atoms with E-state index in [0.29, 0.717) is 47.5 Å². The summed E-state index contributed by atoms with van der Waals surface area (Å²) in [5, 5.41) is 4.00. The molecule has 0 aliphatic carbocycles. The van der Waals surface area contributed by atoms with E-state index < -0.39 is 11.8 Å². The SMILES string of the molecule is CC(=O)N1CC[C@](C)(c2cc3c(N[C@H](C)c4cccc(C(F)F)c4C)ncnc3n(C)c2=O)C1. The zero-order chi connectivity index (χ0) is 24.8. The van der Waals surface area contributed by atoms with E-state index >= 15 is 0 Å². The fourth-order valence-corrected chi connectivity index (χ4v) is 4.93. The fourth-order valence-electron chi connectivity index (χ4n) is 4.93. The number of fused-ring (bicyclic) bond motifs is 1. The van der Waals surface area contributed by atoms with Crippen molar-refractivity contribution in [2.45, 2.75) is 52.0 Å². The highest BCUT2D eigenvalue weighted by Gasteiger charge is 2.39. The van der Waals surface area contributed by atoms with Gasteiger partial charge < -0.3 is 10.2 Å². The number of alkyl halides is 2. The summed E-state index contributed by atoms with van der Waals surface area (Å²) in [7, 11) is 1.67. The minimum absolute atomic E-state index is 0.00700. The lowest BCUT2D eigenvalue weighted by Crippen LogP contribution is -2.37. The number of rotatable bonds is 5. The molecule has 3 aromatic rings. The Labute approximate surface area is 196 Å². The number of likely N-dealkylation sites (tertiary alicyclic amines) is 1. The van der Waals surface area contributed by atoms with Gasteiger partial charge in [0, 0.05) is 43.6 Å². The van der Waals surface area contributed by atoms with Crippen LogP contribution in [-0.4, -0.2) is 38.4 Å². The molecule has 1 fully saturated rings. The molecule has 7 nitrogen and oxygen atoms in total. The van der Waals surface area contributed by atoms with Gasteiger partial charge in [-0.2, -0.15) is 0 Å². The molecule has 34 heavy (non-hydrogen) atoms. The van der Waals surface area contributed by atoms with Gasteiger partial charge >= 0.3 is 0 Å². The largest absolute Gasteiger partial charge is 0.363 e.